The molecular weight excluding hydrogens is 422 g/mol. The Hall–Kier alpha value is -2.84. The van der Waals surface area contributed by atoms with Crippen molar-refractivity contribution >= 4 is 17.9 Å². The average molecular weight is 452 g/mol. The van der Waals surface area contributed by atoms with E-state index in [1.54, 1.807) is 22.9 Å². The number of benzene rings is 1. The molecule has 1 aromatic carbocycles. The normalized spacial score (nSPS) is 14.5. The maximum atomic E-state index is 12.5. The number of imidazole rings is 1. The van der Waals surface area contributed by atoms with Gasteiger partial charge in [-0.15, -0.1) is 0 Å². The van der Waals surface area contributed by atoms with Crippen LogP contribution in [-0.4, -0.2) is 69.3 Å². The largest absolute Gasteiger partial charge is 0.415 e. The molecule has 0 saturated carbocycles. The van der Waals surface area contributed by atoms with Crippen LogP contribution >= 0.6 is 11.8 Å². The Morgan fingerprint density at radius 1 is 1.06 bits per heavy atom. The highest BCUT2D eigenvalue weighted by molar-refractivity contribution is 7.99. The highest BCUT2D eigenvalue weighted by Crippen LogP contribution is 2.18. The van der Waals surface area contributed by atoms with Crippen LogP contribution in [0, 0.1) is 6.92 Å². The van der Waals surface area contributed by atoms with Crippen molar-refractivity contribution in [3.8, 4) is 5.75 Å². The number of carbonyl (C=O) groups excluding carboxylic acids is 1. The first-order valence-corrected chi connectivity index (χ1v) is 12.0. The number of carbonyl (C=O) groups is 1. The van der Waals surface area contributed by atoms with Crippen LogP contribution in [0.25, 0.3) is 0 Å². The van der Waals surface area contributed by atoms with E-state index < -0.39 is 0 Å². The number of rotatable bonds is 8. The molecule has 1 fully saturated rings. The van der Waals surface area contributed by atoms with Gasteiger partial charge in [0.15, 0.2) is 5.16 Å². The quantitative estimate of drug-likeness (QED) is 0.525. The van der Waals surface area contributed by atoms with Crippen molar-refractivity contribution in [3.63, 3.8) is 0 Å². The number of ether oxygens (including phenoxy) is 1. The number of aromatic nitrogens is 3. The number of pyridine rings is 1. The fraction of sp³-hybridized carbons (Fsp3) is 0.375. The fourth-order valence-electron chi connectivity index (χ4n) is 3.56. The van der Waals surface area contributed by atoms with Crippen molar-refractivity contribution in [1.82, 2.24) is 24.8 Å². The molecule has 0 bridgehead atoms. The summed E-state index contributed by atoms with van der Waals surface area (Å²) < 4.78 is 5.59. The lowest BCUT2D eigenvalue weighted by atomic mass is 10.2. The van der Waals surface area contributed by atoms with E-state index in [9.17, 15) is 4.79 Å². The Labute approximate surface area is 193 Å². The minimum Gasteiger partial charge on any atom is -0.410 e. The zero-order chi connectivity index (χ0) is 22.2. The number of thioether (sulfide) groups is 1. The van der Waals surface area contributed by atoms with Crippen molar-refractivity contribution in [2.45, 2.75) is 24.9 Å². The molecule has 4 rings (SSSR count). The molecule has 8 heteroatoms. The second-order valence-corrected chi connectivity index (χ2v) is 8.99. The first-order valence-electron chi connectivity index (χ1n) is 11.0. The summed E-state index contributed by atoms with van der Waals surface area (Å²) >= 11 is 1.69. The Bertz CT molecular complexity index is 969. The highest BCUT2D eigenvalue weighted by Gasteiger charge is 2.22. The molecule has 1 N–H and O–H groups in total. The van der Waals surface area contributed by atoms with Crippen LogP contribution < -0.4 is 4.74 Å². The van der Waals surface area contributed by atoms with E-state index in [-0.39, 0.29) is 6.09 Å². The fourth-order valence-corrected chi connectivity index (χ4v) is 4.38. The zero-order valence-corrected chi connectivity index (χ0v) is 19.2. The molecule has 0 radical (unpaired) electrons. The first-order chi connectivity index (χ1) is 15.7. The SMILES string of the molecule is Cc1ccc(CCN2CCN(C(=O)Oc3ccc(CCSc4ncc[nH]4)cc3)CC2)nc1. The number of hydrogen-bond donors (Lipinski definition) is 1. The van der Waals surface area contributed by atoms with Gasteiger partial charge in [-0.25, -0.2) is 9.78 Å². The number of H-pyrrole nitrogens is 1. The number of aryl methyl sites for hydroxylation is 2. The molecule has 3 heterocycles. The Balaban J connectivity index is 1.16. The molecule has 32 heavy (non-hydrogen) atoms. The Morgan fingerprint density at radius 2 is 1.88 bits per heavy atom. The Morgan fingerprint density at radius 3 is 2.56 bits per heavy atom. The molecule has 1 aliphatic rings. The van der Waals surface area contributed by atoms with Gasteiger partial charge in [0, 0.05) is 69.2 Å². The number of nitrogens with one attached hydrogen (secondary N) is 1. The second-order valence-electron chi connectivity index (χ2n) is 7.91. The van der Waals surface area contributed by atoms with E-state index in [4.69, 9.17) is 4.74 Å². The van der Waals surface area contributed by atoms with E-state index >= 15 is 0 Å². The van der Waals surface area contributed by atoms with E-state index in [0.717, 1.165) is 49.1 Å². The summed E-state index contributed by atoms with van der Waals surface area (Å²) in [6.07, 6.45) is 7.08. The first kappa shape index (κ1) is 22.4. The van der Waals surface area contributed by atoms with Gasteiger partial charge in [-0.1, -0.05) is 30.0 Å². The molecule has 2 aromatic heterocycles. The maximum absolute atomic E-state index is 12.5. The number of aromatic amines is 1. The van der Waals surface area contributed by atoms with E-state index in [1.807, 2.05) is 43.6 Å². The molecule has 0 atom stereocenters. The zero-order valence-electron chi connectivity index (χ0n) is 18.4. The van der Waals surface area contributed by atoms with Crippen LogP contribution in [0.5, 0.6) is 5.75 Å². The van der Waals surface area contributed by atoms with Crippen LogP contribution in [0.2, 0.25) is 0 Å². The number of piperazine rings is 1. The molecule has 3 aromatic rings. The minimum atomic E-state index is -0.272. The third-order valence-corrected chi connectivity index (χ3v) is 6.42. The average Bonchev–Trinajstić information content (AvgIpc) is 3.34. The topological polar surface area (TPSA) is 74.3 Å². The van der Waals surface area contributed by atoms with Crippen molar-refractivity contribution in [2.24, 2.45) is 0 Å². The van der Waals surface area contributed by atoms with Crippen molar-refractivity contribution in [3.05, 3.63) is 71.8 Å². The summed E-state index contributed by atoms with van der Waals surface area (Å²) in [5.74, 6) is 1.53. The van der Waals surface area contributed by atoms with Crippen molar-refractivity contribution < 1.29 is 9.53 Å². The summed E-state index contributed by atoms with van der Waals surface area (Å²) in [7, 11) is 0. The molecule has 1 saturated heterocycles. The molecule has 0 spiro atoms. The van der Waals surface area contributed by atoms with Gasteiger partial charge in [0.2, 0.25) is 0 Å². The van der Waals surface area contributed by atoms with Crippen LogP contribution in [-0.2, 0) is 12.8 Å². The molecule has 1 aliphatic heterocycles. The lowest BCUT2D eigenvalue weighted by Crippen LogP contribution is -2.49. The minimum absolute atomic E-state index is 0.272. The number of amides is 1. The van der Waals surface area contributed by atoms with Gasteiger partial charge in [-0.2, -0.15) is 0 Å². The summed E-state index contributed by atoms with van der Waals surface area (Å²) in [5, 5.41) is 0.933. The van der Waals surface area contributed by atoms with E-state index in [2.05, 4.69) is 32.0 Å². The lowest BCUT2D eigenvalue weighted by molar-refractivity contribution is 0.111. The van der Waals surface area contributed by atoms with E-state index in [0.29, 0.717) is 18.8 Å². The third kappa shape index (κ3) is 6.58. The van der Waals surface area contributed by atoms with Gasteiger partial charge in [0.05, 0.1) is 0 Å². The monoisotopic (exact) mass is 451 g/mol. The van der Waals surface area contributed by atoms with Crippen LogP contribution in [0.1, 0.15) is 16.8 Å². The molecule has 0 unspecified atom stereocenters. The van der Waals surface area contributed by atoms with Gasteiger partial charge >= 0.3 is 6.09 Å². The van der Waals surface area contributed by atoms with Gasteiger partial charge in [0.25, 0.3) is 0 Å². The predicted octanol–water partition coefficient (Wildman–Crippen LogP) is 3.81. The number of nitrogens with zero attached hydrogens (tertiary/aromatic N) is 4. The van der Waals surface area contributed by atoms with Crippen molar-refractivity contribution in [1.29, 1.82) is 0 Å². The standard InChI is InChI=1S/C24H29N5O2S/c1-19-2-5-21(27-18-19)8-12-28-13-15-29(16-14-28)24(30)31-22-6-3-20(4-7-22)9-17-32-23-25-10-11-26-23/h2-7,10-11,18H,8-9,12-17H2,1H3,(H,25,26). The molecule has 168 valence electrons. The van der Waals surface area contributed by atoms with Gasteiger partial charge in [-0.05, 0) is 42.7 Å². The molecule has 1 amide bonds. The van der Waals surface area contributed by atoms with Gasteiger partial charge < -0.3 is 14.6 Å². The second kappa shape index (κ2) is 11.2. The molecular formula is C24H29N5O2S. The van der Waals surface area contributed by atoms with Crippen LogP contribution in [0.4, 0.5) is 4.79 Å². The third-order valence-electron chi connectivity index (χ3n) is 5.52. The number of hydrogen-bond acceptors (Lipinski definition) is 6. The van der Waals surface area contributed by atoms with Crippen LogP contribution in [0.15, 0.2) is 60.1 Å². The van der Waals surface area contributed by atoms with E-state index in [1.165, 1.54) is 11.1 Å². The summed E-state index contributed by atoms with van der Waals surface area (Å²) in [6.45, 7) is 6.08. The highest BCUT2D eigenvalue weighted by atomic mass is 32.2. The maximum Gasteiger partial charge on any atom is 0.415 e. The van der Waals surface area contributed by atoms with Gasteiger partial charge in [0.1, 0.15) is 5.75 Å². The Kier molecular flexibility index (Phi) is 7.79. The molecule has 7 nitrogen and oxygen atoms in total. The molecule has 0 aliphatic carbocycles. The summed E-state index contributed by atoms with van der Waals surface area (Å²) in [4.78, 5) is 28.5. The van der Waals surface area contributed by atoms with Crippen molar-refractivity contribution in [2.75, 3.05) is 38.5 Å². The van der Waals surface area contributed by atoms with Gasteiger partial charge in [-0.3, -0.25) is 9.88 Å². The summed E-state index contributed by atoms with van der Waals surface area (Å²) in [5.41, 5.74) is 3.50. The smallest absolute Gasteiger partial charge is 0.410 e. The van der Waals surface area contributed by atoms with Crippen LogP contribution in [0.3, 0.4) is 0 Å². The summed E-state index contributed by atoms with van der Waals surface area (Å²) in [6, 6.07) is 12.0. The predicted molar refractivity (Wildman–Crippen MR) is 126 cm³/mol. The lowest BCUT2D eigenvalue weighted by Gasteiger charge is -2.33.